The van der Waals surface area contributed by atoms with Crippen LogP contribution in [0.4, 0.5) is 0 Å². The van der Waals surface area contributed by atoms with Gasteiger partial charge < -0.3 is 10.0 Å². The van der Waals surface area contributed by atoms with E-state index < -0.39 is 11.9 Å². The average Bonchev–Trinajstić information content (AvgIpc) is 3.09. The summed E-state index contributed by atoms with van der Waals surface area (Å²) in [6, 6.07) is 9.84. The summed E-state index contributed by atoms with van der Waals surface area (Å²) >= 11 is 0. The predicted octanol–water partition coefficient (Wildman–Crippen LogP) is 1.65. The van der Waals surface area contributed by atoms with Crippen LogP contribution in [0, 0.1) is 5.92 Å². The van der Waals surface area contributed by atoms with Crippen molar-refractivity contribution in [1.82, 2.24) is 4.90 Å². The summed E-state index contributed by atoms with van der Waals surface area (Å²) < 4.78 is 0. The lowest BCUT2D eigenvalue weighted by atomic mass is 9.94. The fourth-order valence-corrected chi connectivity index (χ4v) is 2.96. The minimum absolute atomic E-state index is 0.113. The van der Waals surface area contributed by atoms with E-state index in [1.54, 1.807) is 4.90 Å². The highest BCUT2D eigenvalue weighted by Gasteiger charge is 2.53. The summed E-state index contributed by atoms with van der Waals surface area (Å²) in [4.78, 5) is 25.3. The maximum absolute atomic E-state index is 12.6. The molecule has 2 fully saturated rings. The van der Waals surface area contributed by atoms with Gasteiger partial charge in [-0.1, -0.05) is 30.3 Å². The monoisotopic (exact) mass is 259 g/mol. The molecule has 19 heavy (non-hydrogen) atoms. The number of carboxylic acid groups (broad SMARTS) is 1. The first-order chi connectivity index (χ1) is 9.13. The Kier molecular flexibility index (Phi) is 2.81. The lowest BCUT2D eigenvalue weighted by molar-refractivity contribution is -0.141. The summed E-state index contributed by atoms with van der Waals surface area (Å²) in [7, 11) is 0. The van der Waals surface area contributed by atoms with E-state index in [-0.39, 0.29) is 11.3 Å². The molecule has 1 saturated carbocycles. The molecule has 0 spiro atoms. The third kappa shape index (κ3) is 2.01. The van der Waals surface area contributed by atoms with E-state index in [9.17, 15) is 9.59 Å². The van der Waals surface area contributed by atoms with Crippen LogP contribution in [0.25, 0.3) is 0 Å². The Morgan fingerprint density at radius 1 is 1.21 bits per heavy atom. The lowest BCUT2D eigenvalue weighted by Crippen LogP contribution is -2.38. The van der Waals surface area contributed by atoms with Crippen molar-refractivity contribution in [3.63, 3.8) is 0 Å². The van der Waals surface area contributed by atoms with E-state index in [1.165, 1.54) is 0 Å². The van der Waals surface area contributed by atoms with Gasteiger partial charge in [0, 0.05) is 13.1 Å². The largest absolute Gasteiger partial charge is 0.481 e. The zero-order chi connectivity index (χ0) is 13.5. The van der Waals surface area contributed by atoms with Gasteiger partial charge >= 0.3 is 5.97 Å². The SMILES string of the molecule is O=C(O)C1CCN(C(=O)C2(c3ccccc3)CC2)C1. The van der Waals surface area contributed by atoms with Crippen LogP contribution < -0.4 is 0 Å². The van der Waals surface area contributed by atoms with Gasteiger partial charge in [0.2, 0.25) is 5.91 Å². The molecule has 3 rings (SSSR count). The second-order valence-corrected chi connectivity index (χ2v) is 5.52. The van der Waals surface area contributed by atoms with Gasteiger partial charge in [-0.05, 0) is 24.8 Å². The molecule has 4 heteroatoms. The molecule has 4 nitrogen and oxygen atoms in total. The predicted molar refractivity (Wildman–Crippen MR) is 69.7 cm³/mol. The number of aliphatic carboxylic acids is 1. The smallest absolute Gasteiger partial charge is 0.308 e. The van der Waals surface area contributed by atoms with Gasteiger partial charge in [-0.3, -0.25) is 9.59 Å². The fraction of sp³-hybridized carbons (Fsp3) is 0.467. The van der Waals surface area contributed by atoms with Crippen LogP contribution in [0.3, 0.4) is 0 Å². The van der Waals surface area contributed by atoms with Gasteiger partial charge in [0.25, 0.3) is 0 Å². The number of hydrogen-bond acceptors (Lipinski definition) is 2. The number of hydrogen-bond donors (Lipinski definition) is 1. The van der Waals surface area contributed by atoms with Crippen LogP contribution in [0.5, 0.6) is 0 Å². The number of carbonyl (C=O) groups is 2. The molecule has 1 atom stereocenters. The van der Waals surface area contributed by atoms with E-state index in [0.717, 1.165) is 18.4 Å². The van der Waals surface area contributed by atoms with Gasteiger partial charge in [-0.15, -0.1) is 0 Å². The van der Waals surface area contributed by atoms with Crippen LogP contribution in [-0.4, -0.2) is 35.0 Å². The Labute approximate surface area is 112 Å². The Hall–Kier alpha value is -1.84. The quantitative estimate of drug-likeness (QED) is 0.898. The maximum Gasteiger partial charge on any atom is 0.308 e. The molecule has 1 unspecified atom stereocenters. The van der Waals surface area contributed by atoms with Crippen LogP contribution >= 0.6 is 0 Å². The van der Waals surface area contributed by atoms with Crippen molar-refractivity contribution < 1.29 is 14.7 Å². The number of rotatable bonds is 3. The molecule has 1 N–H and O–H groups in total. The molecule has 1 aromatic carbocycles. The van der Waals surface area contributed by atoms with Crippen molar-refractivity contribution in [2.24, 2.45) is 5.92 Å². The highest BCUT2D eigenvalue weighted by atomic mass is 16.4. The van der Waals surface area contributed by atoms with Gasteiger partial charge in [0.15, 0.2) is 0 Å². The summed E-state index contributed by atoms with van der Waals surface area (Å²) in [5.74, 6) is -1.07. The summed E-state index contributed by atoms with van der Waals surface area (Å²) in [5, 5.41) is 9.01. The van der Waals surface area contributed by atoms with Crippen molar-refractivity contribution in [2.75, 3.05) is 13.1 Å². The number of carboxylic acids is 1. The number of benzene rings is 1. The number of carbonyl (C=O) groups excluding carboxylic acids is 1. The van der Waals surface area contributed by atoms with Crippen molar-refractivity contribution in [3.8, 4) is 0 Å². The van der Waals surface area contributed by atoms with E-state index in [1.807, 2.05) is 30.3 Å². The molecule has 1 amide bonds. The Balaban J connectivity index is 1.77. The molecular formula is C15H17NO3. The standard InChI is InChI=1S/C15H17NO3/c17-13(18)11-6-9-16(10-11)14(19)15(7-8-15)12-4-2-1-3-5-12/h1-5,11H,6-10H2,(H,17,18). The van der Waals surface area contributed by atoms with Gasteiger partial charge in [0.05, 0.1) is 11.3 Å². The third-order valence-corrected chi connectivity index (χ3v) is 4.31. The third-order valence-electron chi connectivity index (χ3n) is 4.31. The molecular weight excluding hydrogens is 242 g/mol. The highest BCUT2D eigenvalue weighted by Crippen LogP contribution is 2.50. The molecule has 0 aromatic heterocycles. The maximum atomic E-state index is 12.6. The van der Waals surface area contributed by atoms with E-state index in [0.29, 0.717) is 19.5 Å². The fourth-order valence-electron chi connectivity index (χ4n) is 2.96. The van der Waals surface area contributed by atoms with Crippen molar-refractivity contribution in [3.05, 3.63) is 35.9 Å². The van der Waals surface area contributed by atoms with Gasteiger partial charge in [-0.2, -0.15) is 0 Å². The zero-order valence-electron chi connectivity index (χ0n) is 10.7. The first-order valence-electron chi connectivity index (χ1n) is 6.71. The Morgan fingerprint density at radius 3 is 2.42 bits per heavy atom. The van der Waals surface area contributed by atoms with Crippen LogP contribution in [-0.2, 0) is 15.0 Å². The second-order valence-electron chi connectivity index (χ2n) is 5.52. The number of amides is 1. The van der Waals surface area contributed by atoms with Crippen molar-refractivity contribution in [1.29, 1.82) is 0 Å². The lowest BCUT2D eigenvalue weighted by Gasteiger charge is -2.23. The van der Waals surface area contributed by atoms with Crippen molar-refractivity contribution in [2.45, 2.75) is 24.7 Å². The van der Waals surface area contributed by atoms with Crippen LogP contribution in [0.2, 0.25) is 0 Å². The summed E-state index contributed by atoms with van der Waals surface area (Å²) in [6.45, 7) is 0.938. The zero-order valence-corrected chi connectivity index (χ0v) is 10.7. The molecule has 1 aliphatic heterocycles. The van der Waals surface area contributed by atoms with E-state index in [4.69, 9.17) is 5.11 Å². The molecule has 0 radical (unpaired) electrons. The highest BCUT2D eigenvalue weighted by molar-refractivity contribution is 5.92. The Morgan fingerprint density at radius 2 is 1.89 bits per heavy atom. The van der Waals surface area contributed by atoms with E-state index >= 15 is 0 Å². The minimum atomic E-state index is -0.792. The molecule has 2 aliphatic rings. The first kappa shape index (κ1) is 12.2. The second kappa shape index (κ2) is 4.37. The molecule has 0 bridgehead atoms. The molecule has 1 aliphatic carbocycles. The molecule has 1 aromatic rings. The van der Waals surface area contributed by atoms with Crippen molar-refractivity contribution >= 4 is 11.9 Å². The molecule has 1 saturated heterocycles. The first-order valence-corrected chi connectivity index (χ1v) is 6.71. The van der Waals surface area contributed by atoms with Crippen LogP contribution in [0.15, 0.2) is 30.3 Å². The van der Waals surface area contributed by atoms with Gasteiger partial charge in [-0.25, -0.2) is 0 Å². The average molecular weight is 259 g/mol. The summed E-state index contributed by atoms with van der Waals surface area (Å²) in [6.07, 6.45) is 2.33. The normalized spacial score (nSPS) is 24.2. The number of nitrogens with zero attached hydrogens (tertiary/aromatic N) is 1. The van der Waals surface area contributed by atoms with E-state index in [2.05, 4.69) is 0 Å². The van der Waals surface area contributed by atoms with Crippen LogP contribution in [0.1, 0.15) is 24.8 Å². The number of likely N-dealkylation sites (tertiary alicyclic amines) is 1. The Bertz CT molecular complexity index is 507. The van der Waals surface area contributed by atoms with Gasteiger partial charge in [0.1, 0.15) is 0 Å². The topological polar surface area (TPSA) is 57.6 Å². The molecule has 100 valence electrons. The minimum Gasteiger partial charge on any atom is -0.481 e. The summed E-state index contributed by atoms with van der Waals surface area (Å²) in [5.41, 5.74) is 0.702. The molecule has 1 heterocycles.